The van der Waals surface area contributed by atoms with E-state index < -0.39 is 5.97 Å². The average Bonchev–Trinajstić information content (AvgIpc) is 2.51. The van der Waals surface area contributed by atoms with Gasteiger partial charge in [0.05, 0.1) is 12.2 Å². The molecule has 1 aliphatic heterocycles. The first-order chi connectivity index (χ1) is 10.9. The molecular weight excluding hydrogens is 318 g/mol. The Bertz CT molecular complexity index is 575. The average molecular weight is 338 g/mol. The van der Waals surface area contributed by atoms with E-state index in [9.17, 15) is 9.59 Å². The van der Waals surface area contributed by atoms with Crippen molar-refractivity contribution in [3.05, 3.63) is 40.9 Å². The fourth-order valence-corrected chi connectivity index (χ4v) is 2.52. The molecule has 5 nitrogen and oxygen atoms in total. The van der Waals surface area contributed by atoms with E-state index in [0.29, 0.717) is 18.1 Å². The van der Waals surface area contributed by atoms with E-state index in [1.807, 2.05) is 13.8 Å². The first kappa shape index (κ1) is 17.5. The van der Waals surface area contributed by atoms with E-state index in [2.05, 4.69) is 0 Å². The SMILES string of the molecule is C[C@@H]1CN(C(=O)COC(=O)/C=C/c2ccc(Cl)cc2)C[C@H](C)O1. The third-order valence-corrected chi connectivity index (χ3v) is 3.64. The molecule has 0 aromatic heterocycles. The van der Waals surface area contributed by atoms with Gasteiger partial charge in [-0.05, 0) is 37.6 Å². The summed E-state index contributed by atoms with van der Waals surface area (Å²) in [4.78, 5) is 25.4. The number of morpholine rings is 1. The molecule has 1 aromatic rings. The van der Waals surface area contributed by atoms with Crippen molar-refractivity contribution in [3.8, 4) is 0 Å². The number of carbonyl (C=O) groups is 2. The van der Waals surface area contributed by atoms with Crippen LogP contribution in [0.5, 0.6) is 0 Å². The topological polar surface area (TPSA) is 55.8 Å². The van der Waals surface area contributed by atoms with Crippen LogP contribution in [0.2, 0.25) is 5.02 Å². The van der Waals surface area contributed by atoms with Crippen molar-refractivity contribution in [2.45, 2.75) is 26.1 Å². The van der Waals surface area contributed by atoms with Gasteiger partial charge in [-0.25, -0.2) is 4.79 Å². The number of halogens is 1. The van der Waals surface area contributed by atoms with Gasteiger partial charge in [0.1, 0.15) is 0 Å². The molecule has 1 aromatic carbocycles. The van der Waals surface area contributed by atoms with Gasteiger partial charge in [-0.15, -0.1) is 0 Å². The van der Waals surface area contributed by atoms with Gasteiger partial charge in [0.2, 0.25) is 0 Å². The summed E-state index contributed by atoms with van der Waals surface area (Å²) in [5.41, 5.74) is 0.827. The molecule has 1 saturated heterocycles. The van der Waals surface area contributed by atoms with E-state index in [1.165, 1.54) is 6.08 Å². The molecular formula is C17H20ClNO4. The third kappa shape index (κ3) is 5.69. The normalized spacial score (nSPS) is 21.4. The molecule has 1 heterocycles. The van der Waals surface area contributed by atoms with Gasteiger partial charge in [-0.2, -0.15) is 0 Å². The van der Waals surface area contributed by atoms with Crippen molar-refractivity contribution in [2.75, 3.05) is 19.7 Å². The maximum atomic E-state index is 12.1. The number of benzene rings is 1. The number of esters is 1. The largest absolute Gasteiger partial charge is 0.452 e. The highest BCUT2D eigenvalue weighted by Gasteiger charge is 2.26. The fourth-order valence-electron chi connectivity index (χ4n) is 2.39. The van der Waals surface area contributed by atoms with Crippen LogP contribution in [0.25, 0.3) is 6.08 Å². The molecule has 1 amide bonds. The second-order valence-corrected chi connectivity index (χ2v) is 5.99. The highest BCUT2D eigenvalue weighted by atomic mass is 35.5. The monoisotopic (exact) mass is 337 g/mol. The zero-order valence-corrected chi connectivity index (χ0v) is 14.0. The minimum absolute atomic E-state index is 0.0109. The van der Waals surface area contributed by atoms with E-state index in [0.717, 1.165) is 5.56 Å². The maximum Gasteiger partial charge on any atom is 0.331 e. The van der Waals surface area contributed by atoms with Crippen LogP contribution in [0.4, 0.5) is 0 Å². The van der Waals surface area contributed by atoms with E-state index >= 15 is 0 Å². The first-order valence-corrected chi connectivity index (χ1v) is 7.85. The summed E-state index contributed by atoms with van der Waals surface area (Å²) in [5, 5.41) is 0.629. The molecule has 0 aliphatic carbocycles. The molecule has 0 unspecified atom stereocenters. The van der Waals surface area contributed by atoms with Crippen molar-refractivity contribution < 1.29 is 19.1 Å². The highest BCUT2D eigenvalue weighted by Crippen LogP contribution is 2.12. The van der Waals surface area contributed by atoms with Gasteiger partial charge in [0.25, 0.3) is 5.91 Å². The van der Waals surface area contributed by atoms with E-state index in [-0.39, 0.29) is 24.7 Å². The molecule has 0 saturated carbocycles. The Kier molecular flexibility index (Phi) is 6.19. The Hall–Kier alpha value is -1.85. The molecule has 23 heavy (non-hydrogen) atoms. The molecule has 0 spiro atoms. The molecule has 0 N–H and O–H groups in total. The number of amides is 1. The zero-order valence-electron chi connectivity index (χ0n) is 13.2. The summed E-state index contributed by atoms with van der Waals surface area (Å²) in [6.45, 7) is 4.60. The summed E-state index contributed by atoms with van der Waals surface area (Å²) in [6.07, 6.45) is 2.88. The molecule has 1 aliphatic rings. The number of hydrogen-bond donors (Lipinski definition) is 0. The number of ether oxygens (including phenoxy) is 2. The molecule has 6 heteroatoms. The van der Waals surface area contributed by atoms with Gasteiger partial charge >= 0.3 is 5.97 Å². The number of carbonyl (C=O) groups excluding carboxylic acids is 2. The van der Waals surface area contributed by atoms with Gasteiger partial charge in [0, 0.05) is 24.2 Å². The van der Waals surface area contributed by atoms with Crippen LogP contribution in [0, 0.1) is 0 Å². The Labute approximate surface area is 140 Å². The summed E-state index contributed by atoms with van der Waals surface area (Å²) in [6, 6.07) is 7.04. The van der Waals surface area contributed by atoms with Crippen LogP contribution < -0.4 is 0 Å². The summed E-state index contributed by atoms with van der Waals surface area (Å²) >= 11 is 5.79. The van der Waals surface area contributed by atoms with Crippen LogP contribution in [0.3, 0.4) is 0 Å². The molecule has 1 fully saturated rings. The highest BCUT2D eigenvalue weighted by molar-refractivity contribution is 6.30. The van der Waals surface area contributed by atoms with Crippen LogP contribution in [0.1, 0.15) is 19.4 Å². The Morgan fingerprint density at radius 3 is 2.48 bits per heavy atom. The van der Waals surface area contributed by atoms with Crippen molar-refractivity contribution in [2.24, 2.45) is 0 Å². The molecule has 0 bridgehead atoms. The van der Waals surface area contributed by atoms with Crippen LogP contribution in [-0.4, -0.2) is 48.7 Å². The summed E-state index contributed by atoms with van der Waals surface area (Å²) in [5.74, 6) is -0.761. The van der Waals surface area contributed by atoms with Crippen molar-refractivity contribution in [1.82, 2.24) is 4.90 Å². The zero-order chi connectivity index (χ0) is 16.8. The molecule has 124 valence electrons. The minimum atomic E-state index is -0.553. The van der Waals surface area contributed by atoms with Crippen LogP contribution in [0.15, 0.2) is 30.3 Å². The maximum absolute atomic E-state index is 12.1. The Morgan fingerprint density at radius 2 is 1.87 bits per heavy atom. The van der Waals surface area contributed by atoms with Crippen molar-refractivity contribution in [3.63, 3.8) is 0 Å². The second kappa shape index (κ2) is 8.13. The van der Waals surface area contributed by atoms with Crippen LogP contribution in [-0.2, 0) is 19.1 Å². The van der Waals surface area contributed by atoms with Gasteiger partial charge in [-0.1, -0.05) is 23.7 Å². The summed E-state index contributed by atoms with van der Waals surface area (Å²) < 4.78 is 10.6. The lowest BCUT2D eigenvalue weighted by molar-refractivity contribution is -0.154. The predicted molar refractivity (Wildman–Crippen MR) is 88.0 cm³/mol. The fraction of sp³-hybridized carbons (Fsp3) is 0.412. The van der Waals surface area contributed by atoms with E-state index in [4.69, 9.17) is 21.1 Å². The summed E-state index contributed by atoms with van der Waals surface area (Å²) in [7, 11) is 0. The number of rotatable bonds is 4. The molecule has 0 radical (unpaired) electrons. The third-order valence-electron chi connectivity index (χ3n) is 3.39. The second-order valence-electron chi connectivity index (χ2n) is 5.55. The first-order valence-electron chi connectivity index (χ1n) is 7.47. The quantitative estimate of drug-likeness (QED) is 0.626. The van der Waals surface area contributed by atoms with Crippen molar-refractivity contribution >= 4 is 29.6 Å². The van der Waals surface area contributed by atoms with E-state index in [1.54, 1.807) is 35.2 Å². The minimum Gasteiger partial charge on any atom is -0.452 e. The lowest BCUT2D eigenvalue weighted by Crippen LogP contribution is -2.49. The number of nitrogens with zero attached hydrogens (tertiary/aromatic N) is 1. The van der Waals surface area contributed by atoms with Crippen LogP contribution >= 0.6 is 11.6 Å². The lowest BCUT2D eigenvalue weighted by Gasteiger charge is -2.35. The van der Waals surface area contributed by atoms with Gasteiger partial charge < -0.3 is 14.4 Å². The lowest BCUT2D eigenvalue weighted by atomic mass is 10.2. The molecule has 2 atom stereocenters. The Balaban J connectivity index is 1.79. The van der Waals surface area contributed by atoms with Gasteiger partial charge in [-0.3, -0.25) is 4.79 Å². The van der Waals surface area contributed by atoms with Gasteiger partial charge in [0.15, 0.2) is 6.61 Å². The predicted octanol–water partition coefficient (Wildman–Crippen LogP) is 2.53. The number of hydrogen-bond acceptors (Lipinski definition) is 4. The molecule has 2 rings (SSSR count). The van der Waals surface area contributed by atoms with Crippen molar-refractivity contribution in [1.29, 1.82) is 0 Å². The Morgan fingerprint density at radius 1 is 1.26 bits per heavy atom. The standard InChI is InChI=1S/C17H20ClNO4/c1-12-9-19(10-13(2)23-12)16(20)11-22-17(21)8-5-14-3-6-15(18)7-4-14/h3-8,12-13H,9-11H2,1-2H3/b8-5+/t12-,13+. The smallest absolute Gasteiger partial charge is 0.331 e.